The second-order valence-electron chi connectivity index (χ2n) is 6.84. The predicted molar refractivity (Wildman–Crippen MR) is 91.2 cm³/mol. The molecule has 4 atom stereocenters. The lowest BCUT2D eigenvalue weighted by Crippen LogP contribution is -2.26. The maximum absolute atomic E-state index is 11.5. The van der Waals surface area contributed by atoms with Crippen molar-refractivity contribution < 1.29 is 13.8 Å². The Balaban J connectivity index is 2.42. The first kappa shape index (κ1) is 17.3. The van der Waals surface area contributed by atoms with Gasteiger partial charge in [0, 0.05) is 5.56 Å². The van der Waals surface area contributed by atoms with E-state index in [1.54, 1.807) is 13.8 Å². The van der Waals surface area contributed by atoms with Gasteiger partial charge in [-0.25, -0.2) is 0 Å². The van der Waals surface area contributed by atoms with Gasteiger partial charge in [0.25, 0.3) is 0 Å². The summed E-state index contributed by atoms with van der Waals surface area (Å²) in [5.74, 6) is 3.89. The molecule has 0 aliphatic heterocycles. The lowest BCUT2D eigenvalue weighted by molar-refractivity contribution is 0.194. The third-order valence-electron chi connectivity index (χ3n) is 4.86. The summed E-state index contributed by atoms with van der Waals surface area (Å²) in [5.41, 5.74) is 1.21. The Morgan fingerprint density at radius 1 is 1.27 bits per heavy atom. The van der Waals surface area contributed by atoms with E-state index in [1.165, 1.54) is 24.8 Å². The third kappa shape index (κ3) is 3.81. The van der Waals surface area contributed by atoms with E-state index in [-0.39, 0.29) is 0 Å². The number of ether oxygens (including phenoxy) is 1. The SMILES string of the molecule is COc1c(O[P+](C)=O)cccc1[C@H]1CC(C)CCC1C(C)C. The zero-order valence-corrected chi connectivity index (χ0v) is 15.2. The average Bonchev–Trinajstić information content (AvgIpc) is 2.46. The Labute approximate surface area is 135 Å². The molecule has 1 aliphatic rings. The third-order valence-corrected chi connectivity index (χ3v) is 5.32. The van der Waals surface area contributed by atoms with Crippen LogP contribution in [0.3, 0.4) is 0 Å². The molecule has 22 heavy (non-hydrogen) atoms. The predicted octanol–water partition coefficient (Wildman–Crippen LogP) is 5.62. The van der Waals surface area contributed by atoms with E-state index in [0.717, 1.165) is 11.7 Å². The van der Waals surface area contributed by atoms with Crippen LogP contribution in [0.5, 0.6) is 11.5 Å². The fourth-order valence-electron chi connectivity index (χ4n) is 3.81. The van der Waals surface area contributed by atoms with Gasteiger partial charge in [0.15, 0.2) is 12.4 Å². The zero-order chi connectivity index (χ0) is 16.3. The topological polar surface area (TPSA) is 35.5 Å². The van der Waals surface area contributed by atoms with Crippen molar-refractivity contribution in [3.05, 3.63) is 23.8 Å². The summed E-state index contributed by atoms with van der Waals surface area (Å²) in [4.78, 5) is 0. The second-order valence-corrected chi connectivity index (χ2v) is 7.90. The molecule has 1 aromatic carbocycles. The lowest BCUT2D eigenvalue weighted by Gasteiger charge is -2.38. The molecule has 1 fully saturated rings. The van der Waals surface area contributed by atoms with Crippen molar-refractivity contribution in [3.63, 3.8) is 0 Å². The first-order valence-electron chi connectivity index (χ1n) is 8.19. The number of rotatable bonds is 5. The van der Waals surface area contributed by atoms with Gasteiger partial charge >= 0.3 is 8.03 Å². The Bertz CT molecular complexity index is 527. The fourth-order valence-corrected chi connectivity index (χ4v) is 4.23. The van der Waals surface area contributed by atoms with Crippen LogP contribution in [-0.4, -0.2) is 13.8 Å². The summed E-state index contributed by atoms with van der Waals surface area (Å²) in [6.45, 7) is 8.52. The molecule has 0 spiro atoms. The highest BCUT2D eigenvalue weighted by atomic mass is 31.1. The van der Waals surface area contributed by atoms with E-state index in [0.29, 0.717) is 23.5 Å². The van der Waals surface area contributed by atoms with Crippen molar-refractivity contribution in [3.8, 4) is 11.5 Å². The van der Waals surface area contributed by atoms with Crippen LogP contribution in [0, 0.1) is 17.8 Å². The van der Waals surface area contributed by atoms with Gasteiger partial charge < -0.3 is 4.74 Å². The molecule has 0 amide bonds. The van der Waals surface area contributed by atoms with Crippen molar-refractivity contribution in [1.29, 1.82) is 0 Å². The number of para-hydroxylation sites is 1. The number of hydrogen-bond acceptors (Lipinski definition) is 3. The highest BCUT2D eigenvalue weighted by molar-refractivity contribution is 7.38. The van der Waals surface area contributed by atoms with Crippen LogP contribution in [-0.2, 0) is 4.57 Å². The first-order chi connectivity index (χ1) is 10.4. The molecule has 0 bridgehead atoms. The molecular weight excluding hydrogens is 295 g/mol. The van der Waals surface area contributed by atoms with Crippen LogP contribution < -0.4 is 9.26 Å². The standard InChI is InChI=1S/C18H28O3P/c1-12(2)14-10-9-13(3)11-16(14)15-7-6-8-17(18(15)20-4)21-22(5)19/h6-8,12-14,16H,9-11H2,1-5H3/q+1/t13?,14?,16-/m0/s1. The highest BCUT2D eigenvalue weighted by Gasteiger charge is 2.34. The van der Waals surface area contributed by atoms with Crippen LogP contribution in [0.25, 0.3) is 0 Å². The number of hydrogen-bond donors (Lipinski definition) is 0. The first-order valence-corrected chi connectivity index (χ1v) is 9.82. The summed E-state index contributed by atoms with van der Waals surface area (Å²) in [7, 11) is -0.0191. The molecule has 0 radical (unpaired) electrons. The van der Waals surface area contributed by atoms with Crippen molar-refractivity contribution in [2.24, 2.45) is 17.8 Å². The van der Waals surface area contributed by atoms with Crippen LogP contribution in [0.4, 0.5) is 0 Å². The van der Waals surface area contributed by atoms with Gasteiger partial charge in [-0.3, -0.25) is 4.52 Å². The van der Waals surface area contributed by atoms with E-state index < -0.39 is 8.03 Å². The molecule has 122 valence electrons. The number of methoxy groups -OCH3 is 1. The lowest BCUT2D eigenvalue weighted by atomic mass is 9.67. The molecule has 1 aliphatic carbocycles. The van der Waals surface area contributed by atoms with E-state index in [4.69, 9.17) is 9.26 Å². The Hall–Kier alpha value is -1.08. The maximum Gasteiger partial charge on any atom is 0.552 e. The molecule has 0 saturated heterocycles. The minimum absolute atomic E-state index is 0.483. The summed E-state index contributed by atoms with van der Waals surface area (Å²) >= 11 is 0. The Morgan fingerprint density at radius 3 is 2.59 bits per heavy atom. The molecule has 1 aromatic rings. The van der Waals surface area contributed by atoms with Gasteiger partial charge in [0.1, 0.15) is 0 Å². The van der Waals surface area contributed by atoms with Gasteiger partial charge in [0.2, 0.25) is 5.75 Å². The molecule has 0 aromatic heterocycles. The van der Waals surface area contributed by atoms with Gasteiger partial charge in [-0.05, 0) is 47.1 Å². The Kier molecular flexibility index (Phi) is 5.86. The van der Waals surface area contributed by atoms with Crippen molar-refractivity contribution in [1.82, 2.24) is 0 Å². The monoisotopic (exact) mass is 323 g/mol. The van der Waals surface area contributed by atoms with E-state index in [9.17, 15) is 4.57 Å². The van der Waals surface area contributed by atoms with E-state index in [2.05, 4.69) is 26.8 Å². The average molecular weight is 323 g/mol. The smallest absolute Gasteiger partial charge is 0.492 e. The second kappa shape index (κ2) is 7.46. The normalized spacial score (nSPS) is 25.9. The summed E-state index contributed by atoms with van der Waals surface area (Å²) in [6, 6.07) is 5.98. The Morgan fingerprint density at radius 2 is 2.00 bits per heavy atom. The molecule has 2 rings (SSSR count). The minimum Gasteiger partial charge on any atom is -0.492 e. The van der Waals surface area contributed by atoms with Crippen molar-refractivity contribution in [2.75, 3.05) is 13.8 Å². The van der Waals surface area contributed by atoms with Gasteiger partial charge in [-0.1, -0.05) is 39.3 Å². The largest absolute Gasteiger partial charge is 0.552 e. The van der Waals surface area contributed by atoms with Crippen molar-refractivity contribution in [2.45, 2.75) is 46.0 Å². The maximum atomic E-state index is 11.5. The van der Waals surface area contributed by atoms with Crippen molar-refractivity contribution >= 4 is 8.03 Å². The molecule has 3 unspecified atom stereocenters. The molecule has 1 saturated carbocycles. The van der Waals surface area contributed by atoms with Crippen LogP contribution >= 0.6 is 8.03 Å². The van der Waals surface area contributed by atoms with Gasteiger partial charge in [-0.15, -0.1) is 0 Å². The summed E-state index contributed by atoms with van der Waals surface area (Å²) in [6.07, 6.45) is 3.75. The summed E-state index contributed by atoms with van der Waals surface area (Å²) < 4.78 is 22.6. The van der Waals surface area contributed by atoms with E-state index in [1.807, 2.05) is 12.1 Å². The van der Waals surface area contributed by atoms with Gasteiger partial charge in [-0.2, -0.15) is 0 Å². The van der Waals surface area contributed by atoms with Crippen LogP contribution in [0.15, 0.2) is 18.2 Å². The van der Waals surface area contributed by atoms with Crippen LogP contribution in [0.2, 0.25) is 0 Å². The number of benzene rings is 1. The molecule has 0 heterocycles. The molecule has 0 N–H and O–H groups in total. The zero-order valence-electron chi connectivity index (χ0n) is 14.3. The molecule has 4 heteroatoms. The van der Waals surface area contributed by atoms with E-state index >= 15 is 0 Å². The minimum atomic E-state index is -1.69. The summed E-state index contributed by atoms with van der Waals surface area (Å²) in [5, 5.41) is 0. The molecular formula is C18H28O3P+. The van der Waals surface area contributed by atoms with Gasteiger partial charge in [0.05, 0.1) is 7.11 Å². The van der Waals surface area contributed by atoms with Crippen LogP contribution in [0.1, 0.15) is 51.5 Å². The fraction of sp³-hybridized carbons (Fsp3) is 0.667. The highest BCUT2D eigenvalue weighted by Crippen LogP contribution is 2.49. The quantitative estimate of drug-likeness (QED) is 0.659. The molecule has 3 nitrogen and oxygen atoms in total.